The lowest BCUT2D eigenvalue weighted by molar-refractivity contribution is -0.152. The van der Waals surface area contributed by atoms with E-state index >= 15 is 0 Å². The van der Waals surface area contributed by atoms with Crippen LogP contribution in [0.3, 0.4) is 0 Å². The number of ether oxygens (including phenoxy) is 2. The number of hydrogen-bond acceptors (Lipinski definition) is 6. The summed E-state index contributed by atoms with van der Waals surface area (Å²) >= 11 is 0. The van der Waals surface area contributed by atoms with Gasteiger partial charge in [-0.3, -0.25) is 14.5 Å². The molecule has 3 heterocycles. The number of aliphatic hydroxyl groups is 1. The van der Waals surface area contributed by atoms with E-state index in [2.05, 4.69) is 0 Å². The molecule has 9 nitrogen and oxygen atoms in total. The molecule has 1 N–H and O–H groups in total. The number of piperidine rings is 1. The van der Waals surface area contributed by atoms with Crippen LogP contribution in [0.1, 0.15) is 38.2 Å². The largest absolute Gasteiger partial charge is 0.445 e. The molecule has 0 radical (unpaired) electrons. The summed E-state index contributed by atoms with van der Waals surface area (Å²) in [5, 5.41) is 10.4. The van der Waals surface area contributed by atoms with Crippen molar-refractivity contribution in [1.29, 1.82) is 0 Å². The molecule has 4 aliphatic rings. The van der Waals surface area contributed by atoms with Gasteiger partial charge in [-0.2, -0.15) is 0 Å². The van der Waals surface area contributed by atoms with Crippen molar-refractivity contribution in [3.63, 3.8) is 0 Å². The molecule has 33 heavy (non-hydrogen) atoms. The summed E-state index contributed by atoms with van der Waals surface area (Å²) in [6.07, 6.45) is 1.47. The van der Waals surface area contributed by atoms with Gasteiger partial charge >= 0.3 is 6.09 Å². The van der Waals surface area contributed by atoms with Crippen molar-refractivity contribution in [1.82, 2.24) is 14.7 Å². The zero-order chi connectivity index (χ0) is 23.2. The van der Waals surface area contributed by atoms with Crippen LogP contribution in [0.25, 0.3) is 0 Å². The Kier molecular flexibility index (Phi) is 5.78. The average molecular weight is 458 g/mol. The second-order valence-electron chi connectivity index (χ2n) is 9.73. The molecule has 5 rings (SSSR count). The van der Waals surface area contributed by atoms with E-state index in [-0.39, 0.29) is 49.5 Å². The average Bonchev–Trinajstić information content (AvgIpc) is 3.49. The van der Waals surface area contributed by atoms with E-state index in [9.17, 15) is 19.5 Å². The van der Waals surface area contributed by atoms with Gasteiger partial charge in [-0.1, -0.05) is 30.3 Å². The first-order valence-electron chi connectivity index (χ1n) is 11.7. The maximum absolute atomic E-state index is 13.1. The Morgan fingerprint density at radius 2 is 1.94 bits per heavy atom. The summed E-state index contributed by atoms with van der Waals surface area (Å²) in [6, 6.07) is 8.30. The zero-order valence-corrected chi connectivity index (χ0v) is 18.9. The fourth-order valence-electron chi connectivity index (χ4n) is 5.27. The van der Waals surface area contributed by atoms with Crippen molar-refractivity contribution >= 4 is 17.9 Å². The highest BCUT2D eigenvalue weighted by molar-refractivity contribution is 5.88. The van der Waals surface area contributed by atoms with E-state index in [1.807, 2.05) is 30.3 Å². The Balaban J connectivity index is 1.17. The molecule has 0 aromatic heterocycles. The van der Waals surface area contributed by atoms with Gasteiger partial charge in [-0.25, -0.2) is 4.79 Å². The highest BCUT2D eigenvalue weighted by Crippen LogP contribution is 2.53. The fraction of sp³-hybridized carbons (Fsp3) is 0.625. The van der Waals surface area contributed by atoms with Crippen LogP contribution in [-0.4, -0.2) is 88.4 Å². The van der Waals surface area contributed by atoms with Crippen LogP contribution < -0.4 is 0 Å². The van der Waals surface area contributed by atoms with Gasteiger partial charge in [-0.15, -0.1) is 0 Å². The van der Waals surface area contributed by atoms with Crippen molar-refractivity contribution in [2.24, 2.45) is 5.41 Å². The molecule has 4 unspecified atom stereocenters. The lowest BCUT2D eigenvalue weighted by Crippen LogP contribution is -2.62. The summed E-state index contributed by atoms with van der Waals surface area (Å²) in [7, 11) is 0. The van der Waals surface area contributed by atoms with E-state index < -0.39 is 24.5 Å². The second kappa shape index (κ2) is 8.61. The molecule has 1 saturated carbocycles. The minimum atomic E-state index is -0.699. The molecular formula is C24H31N3O6. The van der Waals surface area contributed by atoms with Crippen LogP contribution in [0.2, 0.25) is 0 Å². The molecule has 3 amide bonds. The zero-order valence-electron chi connectivity index (χ0n) is 18.9. The number of piperazine rings is 1. The van der Waals surface area contributed by atoms with Gasteiger partial charge in [-0.05, 0) is 37.2 Å². The standard InChI is InChI=1S/C24H31N3O6/c1-16-22(30)27-18(11-20(29)25-10-9-24(7-8-24)19(28)12-25)15-32-21(27)13-26(16)23(31)33-14-17-5-3-2-4-6-17/h2-6,16,18-19,21,28H,7-15H2,1H3. The molecule has 4 atom stereocenters. The minimum Gasteiger partial charge on any atom is -0.445 e. The van der Waals surface area contributed by atoms with Crippen molar-refractivity contribution in [2.75, 3.05) is 26.2 Å². The monoisotopic (exact) mass is 457 g/mol. The smallest absolute Gasteiger partial charge is 0.410 e. The number of fused-ring (bicyclic) bond motifs is 1. The fourth-order valence-corrected chi connectivity index (χ4v) is 5.27. The van der Waals surface area contributed by atoms with Crippen LogP contribution in [0.15, 0.2) is 30.3 Å². The van der Waals surface area contributed by atoms with Crippen molar-refractivity contribution in [3.8, 4) is 0 Å². The van der Waals surface area contributed by atoms with Crippen LogP contribution >= 0.6 is 0 Å². The Hall–Kier alpha value is -2.65. The van der Waals surface area contributed by atoms with Crippen molar-refractivity contribution in [2.45, 2.75) is 63.6 Å². The van der Waals surface area contributed by atoms with Gasteiger partial charge < -0.3 is 24.4 Å². The molecule has 9 heteroatoms. The topological polar surface area (TPSA) is 99.6 Å². The summed E-state index contributed by atoms with van der Waals surface area (Å²) in [4.78, 5) is 43.5. The molecule has 1 aromatic carbocycles. The maximum atomic E-state index is 13.1. The Morgan fingerprint density at radius 1 is 1.18 bits per heavy atom. The highest BCUT2D eigenvalue weighted by Gasteiger charge is 2.53. The van der Waals surface area contributed by atoms with Crippen LogP contribution in [0, 0.1) is 5.41 Å². The highest BCUT2D eigenvalue weighted by atomic mass is 16.6. The maximum Gasteiger partial charge on any atom is 0.410 e. The summed E-state index contributed by atoms with van der Waals surface area (Å²) < 4.78 is 11.2. The van der Waals surface area contributed by atoms with E-state index in [1.54, 1.807) is 16.7 Å². The minimum absolute atomic E-state index is 0.0369. The molecule has 3 aliphatic heterocycles. The van der Waals surface area contributed by atoms with Gasteiger partial charge in [0.05, 0.1) is 25.3 Å². The summed E-state index contributed by atoms with van der Waals surface area (Å²) in [5.74, 6) is -0.308. The predicted molar refractivity (Wildman–Crippen MR) is 117 cm³/mol. The Morgan fingerprint density at radius 3 is 2.64 bits per heavy atom. The van der Waals surface area contributed by atoms with E-state index in [1.165, 1.54) is 4.90 Å². The van der Waals surface area contributed by atoms with E-state index in [0.29, 0.717) is 13.1 Å². The number of carbonyl (C=O) groups is 3. The van der Waals surface area contributed by atoms with Crippen LogP contribution in [-0.2, 0) is 25.7 Å². The van der Waals surface area contributed by atoms with Crippen molar-refractivity contribution < 1.29 is 29.0 Å². The Bertz CT molecular complexity index is 920. The lowest BCUT2D eigenvalue weighted by Gasteiger charge is -2.42. The number of nitrogens with zero attached hydrogens (tertiary/aromatic N) is 3. The molecular weight excluding hydrogens is 426 g/mol. The van der Waals surface area contributed by atoms with E-state index in [0.717, 1.165) is 24.8 Å². The van der Waals surface area contributed by atoms with Gasteiger partial charge in [0, 0.05) is 19.5 Å². The van der Waals surface area contributed by atoms with Crippen molar-refractivity contribution in [3.05, 3.63) is 35.9 Å². The van der Waals surface area contributed by atoms with Crippen LogP contribution in [0.5, 0.6) is 0 Å². The number of aliphatic hydroxyl groups excluding tert-OH is 1. The van der Waals surface area contributed by atoms with Crippen LogP contribution in [0.4, 0.5) is 4.79 Å². The first-order valence-corrected chi connectivity index (χ1v) is 11.7. The van der Waals surface area contributed by atoms with Gasteiger partial charge in [0.25, 0.3) is 0 Å². The SMILES string of the molecule is CC1C(=O)N2C(CC(=O)N3CCC4(CC4)C(O)C3)COC2CN1C(=O)OCc1ccccc1. The molecule has 4 fully saturated rings. The number of carbonyl (C=O) groups excluding carboxylic acids is 3. The summed E-state index contributed by atoms with van der Waals surface area (Å²) in [5.41, 5.74) is 0.907. The first kappa shape index (κ1) is 22.2. The normalized spacial score (nSPS) is 30.4. The molecule has 3 saturated heterocycles. The molecule has 0 bridgehead atoms. The van der Waals surface area contributed by atoms with Gasteiger partial charge in [0.15, 0.2) is 6.23 Å². The summed E-state index contributed by atoms with van der Waals surface area (Å²) in [6.45, 7) is 3.28. The number of likely N-dealkylation sites (tertiary alicyclic amines) is 1. The first-order chi connectivity index (χ1) is 15.9. The molecule has 1 aromatic rings. The number of amides is 3. The third-order valence-corrected chi connectivity index (χ3v) is 7.69. The second-order valence-corrected chi connectivity index (χ2v) is 9.73. The predicted octanol–water partition coefficient (Wildman–Crippen LogP) is 1.34. The van der Waals surface area contributed by atoms with Gasteiger partial charge in [0.1, 0.15) is 12.6 Å². The molecule has 1 aliphatic carbocycles. The number of rotatable bonds is 4. The number of β-amino-alcohol motifs (C(OH)–C–C–N with tert-alkyl or cyclic N) is 1. The molecule has 1 spiro atoms. The third kappa shape index (κ3) is 4.19. The van der Waals surface area contributed by atoms with Gasteiger partial charge in [0.2, 0.25) is 11.8 Å². The molecule has 178 valence electrons. The number of benzene rings is 1. The quantitative estimate of drug-likeness (QED) is 0.733. The Labute approximate surface area is 193 Å². The lowest BCUT2D eigenvalue weighted by atomic mass is 9.90. The van der Waals surface area contributed by atoms with E-state index in [4.69, 9.17) is 9.47 Å². The third-order valence-electron chi connectivity index (χ3n) is 7.69. The number of hydrogen-bond donors (Lipinski definition) is 1.